The second kappa shape index (κ2) is 4.98. The molecule has 0 fully saturated rings. The summed E-state index contributed by atoms with van der Waals surface area (Å²) in [6.07, 6.45) is 1.99. The second-order valence-electron chi connectivity index (χ2n) is 4.61. The van der Waals surface area contributed by atoms with E-state index in [2.05, 4.69) is 30.1 Å². The van der Waals surface area contributed by atoms with Crippen molar-refractivity contribution in [1.82, 2.24) is 4.98 Å². The van der Waals surface area contributed by atoms with Crippen LogP contribution < -0.4 is 4.74 Å². The fraction of sp³-hybridized carbons (Fsp3) is 0.125. The first-order chi connectivity index (χ1) is 9.22. The van der Waals surface area contributed by atoms with E-state index in [1.54, 1.807) is 0 Å². The summed E-state index contributed by atoms with van der Waals surface area (Å²) in [5, 5.41) is 1.89. The van der Waals surface area contributed by atoms with Crippen LogP contribution in [0.1, 0.15) is 11.1 Å². The van der Waals surface area contributed by atoms with E-state index in [1.807, 2.05) is 30.5 Å². The molecule has 0 unspecified atom stereocenters. The Morgan fingerprint density at radius 2 is 2.05 bits per heavy atom. The zero-order chi connectivity index (χ0) is 13.2. The number of nitrogens with one attached hydrogen (secondary N) is 1. The Bertz CT molecular complexity index is 718. The molecule has 2 aromatic carbocycles. The van der Waals surface area contributed by atoms with Crippen LogP contribution in [0.25, 0.3) is 10.9 Å². The van der Waals surface area contributed by atoms with Gasteiger partial charge in [0, 0.05) is 27.7 Å². The van der Waals surface area contributed by atoms with Crippen molar-refractivity contribution in [3.63, 3.8) is 0 Å². The molecule has 0 saturated heterocycles. The molecule has 3 heteroatoms. The highest BCUT2D eigenvalue weighted by Gasteiger charge is 2.04. The number of aromatic nitrogens is 1. The van der Waals surface area contributed by atoms with Crippen LogP contribution in [-0.4, -0.2) is 4.98 Å². The Kier molecular flexibility index (Phi) is 3.18. The number of benzene rings is 2. The number of hydrogen-bond donors (Lipinski definition) is 1. The number of hydrogen-bond acceptors (Lipinski definition) is 1. The van der Waals surface area contributed by atoms with Gasteiger partial charge in [0.05, 0.1) is 0 Å². The summed E-state index contributed by atoms with van der Waals surface area (Å²) in [7, 11) is 0. The molecule has 0 atom stereocenters. The Morgan fingerprint density at radius 3 is 2.89 bits per heavy atom. The van der Waals surface area contributed by atoms with E-state index in [0.29, 0.717) is 11.6 Å². The molecule has 0 bridgehead atoms. The van der Waals surface area contributed by atoms with Gasteiger partial charge in [-0.2, -0.15) is 0 Å². The lowest BCUT2D eigenvalue weighted by atomic mass is 10.1. The quantitative estimate of drug-likeness (QED) is 0.733. The maximum atomic E-state index is 5.93. The predicted molar refractivity (Wildman–Crippen MR) is 78.8 cm³/mol. The summed E-state index contributed by atoms with van der Waals surface area (Å²) in [5.41, 5.74) is 3.54. The van der Waals surface area contributed by atoms with Gasteiger partial charge in [-0.05, 0) is 36.8 Å². The fourth-order valence-corrected chi connectivity index (χ4v) is 2.32. The van der Waals surface area contributed by atoms with E-state index in [-0.39, 0.29) is 0 Å². The maximum Gasteiger partial charge on any atom is 0.121 e. The van der Waals surface area contributed by atoms with Gasteiger partial charge < -0.3 is 9.72 Å². The van der Waals surface area contributed by atoms with Gasteiger partial charge >= 0.3 is 0 Å². The minimum absolute atomic E-state index is 0.531. The van der Waals surface area contributed by atoms with E-state index < -0.39 is 0 Å². The number of aryl methyl sites for hydroxylation is 1. The van der Waals surface area contributed by atoms with Crippen molar-refractivity contribution in [2.45, 2.75) is 13.5 Å². The van der Waals surface area contributed by atoms with Crippen molar-refractivity contribution in [2.75, 3.05) is 0 Å². The number of halogens is 1. The molecule has 0 aliphatic heterocycles. The Morgan fingerprint density at radius 1 is 1.16 bits per heavy atom. The summed E-state index contributed by atoms with van der Waals surface area (Å²) in [6, 6.07) is 13.8. The Balaban J connectivity index is 1.82. The van der Waals surface area contributed by atoms with Gasteiger partial charge in [0.15, 0.2) is 0 Å². The number of ether oxygens (including phenoxy) is 1. The highest BCUT2D eigenvalue weighted by molar-refractivity contribution is 6.30. The van der Waals surface area contributed by atoms with Gasteiger partial charge in [0.1, 0.15) is 12.4 Å². The molecule has 2 nitrogen and oxygen atoms in total. The largest absolute Gasteiger partial charge is 0.489 e. The van der Waals surface area contributed by atoms with Gasteiger partial charge in [-0.25, -0.2) is 0 Å². The third-order valence-electron chi connectivity index (χ3n) is 3.11. The first-order valence-corrected chi connectivity index (χ1v) is 6.55. The van der Waals surface area contributed by atoms with Crippen molar-refractivity contribution >= 4 is 22.5 Å². The van der Waals surface area contributed by atoms with E-state index in [4.69, 9.17) is 16.3 Å². The van der Waals surface area contributed by atoms with Crippen LogP contribution in [0, 0.1) is 6.92 Å². The molecule has 1 N–H and O–H groups in total. The van der Waals surface area contributed by atoms with Crippen LogP contribution in [-0.2, 0) is 6.61 Å². The first kappa shape index (κ1) is 12.1. The number of fused-ring (bicyclic) bond motifs is 1. The van der Waals surface area contributed by atoms with Gasteiger partial charge in [-0.15, -0.1) is 0 Å². The molecule has 0 amide bonds. The van der Waals surface area contributed by atoms with Crippen LogP contribution in [0.15, 0.2) is 48.7 Å². The van der Waals surface area contributed by atoms with Crippen LogP contribution in [0.4, 0.5) is 0 Å². The van der Waals surface area contributed by atoms with Crippen LogP contribution >= 0.6 is 11.6 Å². The molecule has 1 aromatic heterocycles. The standard InChI is InChI=1S/C16H14ClNO/c1-11-5-6-15-12(9-18-16(15)7-11)10-19-14-4-2-3-13(17)8-14/h2-9,18H,10H2,1H3. The van der Waals surface area contributed by atoms with E-state index in [1.165, 1.54) is 10.9 Å². The van der Waals surface area contributed by atoms with Crippen molar-refractivity contribution < 1.29 is 4.74 Å². The van der Waals surface area contributed by atoms with Crippen molar-refractivity contribution in [3.05, 3.63) is 64.8 Å². The molecular formula is C16H14ClNO. The summed E-state index contributed by atoms with van der Waals surface area (Å²) in [4.78, 5) is 3.27. The van der Waals surface area contributed by atoms with Crippen molar-refractivity contribution in [1.29, 1.82) is 0 Å². The van der Waals surface area contributed by atoms with Gasteiger partial charge in [0.25, 0.3) is 0 Å². The van der Waals surface area contributed by atoms with E-state index in [9.17, 15) is 0 Å². The number of H-pyrrole nitrogens is 1. The molecule has 3 aromatic rings. The molecule has 0 saturated carbocycles. The minimum Gasteiger partial charge on any atom is -0.489 e. The third kappa shape index (κ3) is 2.59. The molecule has 0 aliphatic carbocycles. The smallest absolute Gasteiger partial charge is 0.121 e. The van der Waals surface area contributed by atoms with Crippen LogP contribution in [0.2, 0.25) is 5.02 Å². The molecule has 0 spiro atoms. The predicted octanol–water partition coefficient (Wildman–Crippen LogP) is 4.71. The second-order valence-corrected chi connectivity index (χ2v) is 5.05. The Hall–Kier alpha value is -1.93. The van der Waals surface area contributed by atoms with Crippen LogP contribution in [0.3, 0.4) is 0 Å². The topological polar surface area (TPSA) is 25.0 Å². The molecule has 3 rings (SSSR count). The van der Waals surface area contributed by atoms with Gasteiger partial charge in [0.2, 0.25) is 0 Å². The lowest BCUT2D eigenvalue weighted by molar-refractivity contribution is 0.307. The zero-order valence-electron chi connectivity index (χ0n) is 10.6. The van der Waals surface area contributed by atoms with Crippen molar-refractivity contribution in [3.8, 4) is 5.75 Å². The molecule has 1 heterocycles. The number of aromatic amines is 1. The molecular weight excluding hydrogens is 258 g/mol. The summed E-state index contributed by atoms with van der Waals surface area (Å²) >= 11 is 5.93. The summed E-state index contributed by atoms with van der Waals surface area (Å²) in [5.74, 6) is 0.786. The molecule has 19 heavy (non-hydrogen) atoms. The highest BCUT2D eigenvalue weighted by atomic mass is 35.5. The van der Waals surface area contributed by atoms with E-state index >= 15 is 0 Å². The van der Waals surface area contributed by atoms with Gasteiger partial charge in [-0.1, -0.05) is 29.8 Å². The number of rotatable bonds is 3. The Labute approximate surface area is 117 Å². The summed E-state index contributed by atoms with van der Waals surface area (Å²) in [6.45, 7) is 2.62. The fourth-order valence-electron chi connectivity index (χ4n) is 2.14. The monoisotopic (exact) mass is 271 g/mol. The van der Waals surface area contributed by atoms with Crippen LogP contribution in [0.5, 0.6) is 5.75 Å². The van der Waals surface area contributed by atoms with Gasteiger partial charge in [-0.3, -0.25) is 0 Å². The minimum atomic E-state index is 0.531. The lowest BCUT2D eigenvalue weighted by Crippen LogP contribution is -1.94. The lowest BCUT2D eigenvalue weighted by Gasteiger charge is -2.05. The molecule has 0 radical (unpaired) electrons. The average Bonchev–Trinajstić information content (AvgIpc) is 2.78. The highest BCUT2D eigenvalue weighted by Crippen LogP contribution is 2.22. The summed E-state index contributed by atoms with van der Waals surface area (Å²) < 4.78 is 5.77. The van der Waals surface area contributed by atoms with E-state index in [0.717, 1.165) is 16.8 Å². The average molecular weight is 272 g/mol. The first-order valence-electron chi connectivity index (χ1n) is 6.17. The molecule has 96 valence electrons. The third-order valence-corrected chi connectivity index (χ3v) is 3.35. The normalized spacial score (nSPS) is 10.8. The molecule has 0 aliphatic rings. The maximum absolute atomic E-state index is 5.93. The zero-order valence-corrected chi connectivity index (χ0v) is 11.4. The van der Waals surface area contributed by atoms with Crippen molar-refractivity contribution in [2.24, 2.45) is 0 Å². The SMILES string of the molecule is Cc1ccc2c(COc3cccc(Cl)c3)c[nH]c2c1.